The molecule has 1 rings (SSSR count). The van der Waals surface area contributed by atoms with E-state index < -0.39 is 0 Å². The molecule has 1 aliphatic carbocycles. The van der Waals surface area contributed by atoms with Gasteiger partial charge in [-0.1, -0.05) is 28.8 Å². The van der Waals surface area contributed by atoms with Crippen LogP contribution in [0.15, 0.2) is 0 Å². The summed E-state index contributed by atoms with van der Waals surface area (Å²) < 4.78 is 0. The molecule has 0 aromatic heterocycles. The van der Waals surface area contributed by atoms with Crippen LogP contribution in [0.2, 0.25) is 0 Å². The number of halogens is 1. The van der Waals surface area contributed by atoms with E-state index in [0.717, 1.165) is 25.7 Å². The molecule has 0 spiro atoms. The van der Waals surface area contributed by atoms with Crippen LogP contribution in [0.25, 0.3) is 0 Å². The maximum atomic E-state index is 11.0. The fraction of sp³-hybridized carbons (Fsp3) is 0.875. The number of amides is 1. The van der Waals surface area contributed by atoms with Gasteiger partial charge >= 0.3 is 0 Å². The average Bonchev–Trinajstić information content (AvgIpc) is 2.09. The van der Waals surface area contributed by atoms with Gasteiger partial charge in [-0.3, -0.25) is 4.79 Å². The van der Waals surface area contributed by atoms with Crippen molar-refractivity contribution in [2.45, 2.75) is 37.8 Å². The molecule has 3 nitrogen and oxygen atoms in total. The largest absolute Gasteiger partial charge is 0.391 e. The first kappa shape index (κ1) is 9.99. The smallest absolute Gasteiger partial charge is 0.230 e. The highest BCUT2D eigenvalue weighted by Gasteiger charge is 2.23. The van der Waals surface area contributed by atoms with E-state index in [1.165, 1.54) is 0 Å². The summed E-state index contributed by atoms with van der Waals surface area (Å²) >= 11 is 3.07. The molecule has 2 N–H and O–H groups in total. The quantitative estimate of drug-likeness (QED) is 0.697. The Morgan fingerprint density at radius 3 is 2.75 bits per heavy atom. The number of aliphatic hydroxyl groups excluding tert-OH is 1. The molecule has 0 aromatic rings. The third kappa shape index (κ3) is 2.75. The Labute approximate surface area is 80.7 Å². The number of carbonyl (C=O) groups excluding carboxylic acids is 1. The van der Waals surface area contributed by atoms with Crippen LogP contribution in [0.1, 0.15) is 25.7 Å². The van der Waals surface area contributed by atoms with Crippen molar-refractivity contribution in [3.05, 3.63) is 0 Å². The molecule has 2 atom stereocenters. The van der Waals surface area contributed by atoms with Crippen molar-refractivity contribution >= 4 is 21.8 Å². The van der Waals surface area contributed by atoms with Crippen molar-refractivity contribution in [2.24, 2.45) is 0 Å². The van der Waals surface area contributed by atoms with Gasteiger partial charge in [0.25, 0.3) is 0 Å². The van der Waals surface area contributed by atoms with Crippen LogP contribution in [-0.4, -0.2) is 28.5 Å². The van der Waals surface area contributed by atoms with Crippen LogP contribution in [0.4, 0.5) is 0 Å². The molecule has 70 valence electrons. The van der Waals surface area contributed by atoms with E-state index in [2.05, 4.69) is 21.2 Å². The third-order valence-corrected chi connectivity index (χ3v) is 2.71. The summed E-state index contributed by atoms with van der Waals surface area (Å²) in [6.45, 7) is 0. The van der Waals surface area contributed by atoms with Crippen molar-refractivity contribution < 1.29 is 9.90 Å². The van der Waals surface area contributed by atoms with Gasteiger partial charge < -0.3 is 10.4 Å². The number of hydrogen-bond donors (Lipinski definition) is 2. The van der Waals surface area contributed by atoms with Gasteiger partial charge in [0.1, 0.15) is 0 Å². The van der Waals surface area contributed by atoms with Crippen molar-refractivity contribution in [3.63, 3.8) is 0 Å². The highest BCUT2D eigenvalue weighted by Crippen LogP contribution is 2.18. The number of aliphatic hydroxyl groups is 1. The second kappa shape index (κ2) is 4.82. The van der Waals surface area contributed by atoms with Crippen LogP contribution in [0.5, 0.6) is 0 Å². The standard InChI is InChI=1S/C8H14BrNO2/c9-5-8(12)10-6-3-1-2-4-7(6)11/h6-7,11H,1-5H2,(H,10,12). The Hall–Kier alpha value is -0.0900. The number of alkyl halides is 1. The molecular weight excluding hydrogens is 222 g/mol. The lowest BCUT2D eigenvalue weighted by atomic mass is 9.93. The zero-order valence-electron chi connectivity index (χ0n) is 6.92. The summed E-state index contributed by atoms with van der Waals surface area (Å²) in [6.07, 6.45) is 3.54. The molecule has 0 bridgehead atoms. The predicted octanol–water partition coefficient (Wildman–Crippen LogP) is 0.801. The van der Waals surface area contributed by atoms with Crippen LogP contribution < -0.4 is 5.32 Å². The minimum absolute atomic E-state index is 0.0243. The minimum atomic E-state index is -0.346. The molecule has 1 amide bonds. The first-order chi connectivity index (χ1) is 5.74. The number of rotatable bonds is 2. The van der Waals surface area contributed by atoms with Gasteiger partial charge in [-0.15, -0.1) is 0 Å². The lowest BCUT2D eigenvalue weighted by Crippen LogP contribution is -2.45. The van der Waals surface area contributed by atoms with E-state index in [1.54, 1.807) is 0 Å². The van der Waals surface area contributed by atoms with Crippen LogP contribution in [-0.2, 0) is 4.79 Å². The highest BCUT2D eigenvalue weighted by molar-refractivity contribution is 9.09. The lowest BCUT2D eigenvalue weighted by Gasteiger charge is -2.27. The molecule has 2 unspecified atom stereocenters. The van der Waals surface area contributed by atoms with Crippen molar-refractivity contribution in [2.75, 3.05) is 5.33 Å². The Morgan fingerprint density at radius 2 is 2.17 bits per heavy atom. The summed E-state index contributed by atoms with van der Waals surface area (Å²) in [5.74, 6) is -0.0408. The fourth-order valence-corrected chi connectivity index (χ4v) is 1.69. The van der Waals surface area contributed by atoms with Crippen LogP contribution in [0, 0.1) is 0 Å². The normalized spacial score (nSPS) is 29.8. The van der Waals surface area contributed by atoms with Gasteiger partial charge in [0.15, 0.2) is 0 Å². The molecule has 4 heteroatoms. The number of carbonyl (C=O) groups is 1. The Balaban J connectivity index is 2.33. The highest BCUT2D eigenvalue weighted by atomic mass is 79.9. The molecule has 0 saturated heterocycles. The van der Waals surface area contributed by atoms with E-state index in [1.807, 2.05) is 0 Å². The zero-order chi connectivity index (χ0) is 8.97. The van der Waals surface area contributed by atoms with E-state index in [9.17, 15) is 9.90 Å². The SMILES string of the molecule is O=C(CBr)NC1CCCCC1O. The van der Waals surface area contributed by atoms with Crippen LogP contribution in [0.3, 0.4) is 0 Å². The summed E-state index contributed by atoms with van der Waals surface area (Å²) in [5.41, 5.74) is 0. The molecule has 12 heavy (non-hydrogen) atoms. The number of hydrogen-bond acceptors (Lipinski definition) is 2. The van der Waals surface area contributed by atoms with E-state index in [4.69, 9.17) is 0 Å². The number of nitrogens with one attached hydrogen (secondary N) is 1. The molecule has 0 radical (unpaired) electrons. The topological polar surface area (TPSA) is 49.3 Å². The maximum Gasteiger partial charge on any atom is 0.230 e. The van der Waals surface area contributed by atoms with Gasteiger partial charge in [-0.2, -0.15) is 0 Å². The summed E-state index contributed by atoms with van der Waals surface area (Å²) in [6, 6.07) is -0.0243. The van der Waals surface area contributed by atoms with Gasteiger partial charge in [0.2, 0.25) is 5.91 Å². The first-order valence-electron chi connectivity index (χ1n) is 4.27. The molecular formula is C8H14BrNO2. The predicted molar refractivity (Wildman–Crippen MR) is 50.2 cm³/mol. The molecule has 0 aliphatic heterocycles. The van der Waals surface area contributed by atoms with Crippen molar-refractivity contribution in [1.29, 1.82) is 0 Å². The lowest BCUT2D eigenvalue weighted by molar-refractivity contribution is -0.120. The Kier molecular flexibility index (Phi) is 4.01. The Morgan fingerprint density at radius 1 is 1.50 bits per heavy atom. The molecule has 0 aromatic carbocycles. The molecule has 1 saturated carbocycles. The molecule has 1 aliphatic rings. The summed E-state index contributed by atoms with van der Waals surface area (Å²) in [4.78, 5) is 11.0. The van der Waals surface area contributed by atoms with Gasteiger partial charge in [-0.25, -0.2) is 0 Å². The second-order valence-electron chi connectivity index (χ2n) is 3.16. The Bertz CT molecular complexity index is 163. The minimum Gasteiger partial charge on any atom is -0.391 e. The molecule has 0 heterocycles. The zero-order valence-corrected chi connectivity index (χ0v) is 8.51. The second-order valence-corrected chi connectivity index (χ2v) is 3.72. The monoisotopic (exact) mass is 235 g/mol. The van der Waals surface area contributed by atoms with Gasteiger partial charge in [0, 0.05) is 0 Å². The van der Waals surface area contributed by atoms with Crippen molar-refractivity contribution in [3.8, 4) is 0 Å². The van der Waals surface area contributed by atoms with Crippen LogP contribution >= 0.6 is 15.9 Å². The summed E-state index contributed by atoms with van der Waals surface area (Å²) in [5, 5.41) is 12.6. The summed E-state index contributed by atoms with van der Waals surface area (Å²) in [7, 11) is 0. The van der Waals surface area contributed by atoms with Crippen molar-refractivity contribution in [1.82, 2.24) is 5.32 Å². The van der Waals surface area contributed by atoms with Gasteiger partial charge in [0.05, 0.1) is 17.5 Å². The third-order valence-electron chi connectivity index (χ3n) is 2.20. The van der Waals surface area contributed by atoms with E-state index in [-0.39, 0.29) is 18.1 Å². The van der Waals surface area contributed by atoms with E-state index in [0.29, 0.717) is 5.33 Å². The maximum absolute atomic E-state index is 11.0. The fourth-order valence-electron chi connectivity index (χ4n) is 1.53. The molecule has 1 fully saturated rings. The van der Waals surface area contributed by atoms with Gasteiger partial charge in [-0.05, 0) is 12.8 Å². The average molecular weight is 236 g/mol. The first-order valence-corrected chi connectivity index (χ1v) is 5.39. The van der Waals surface area contributed by atoms with E-state index >= 15 is 0 Å².